The Balaban J connectivity index is 0.000000640. The van der Waals surface area contributed by atoms with Gasteiger partial charge in [-0.25, -0.2) is 4.79 Å². The summed E-state index contributed by atoms with van der Waals surface area (Å²) in [6, 6.07) is 3.56. The first-order valence-corrected chi connectivity index (χ1v) is 7.57. The van der Waals surface area contributed by atoms with Crippen molar-refractivity contribution in [2.45, 2.75) is 45.8 Å². The van der Waals surface area contributed by atoms with Gasteiger partial charge >= 0.3 is 11.8 Å². The monoisotopic (exact) mass is 352 g/mol. The number of hydrogen-bond acceptors (Lipinski definition) is 5. The molecule has 1 atom stereocenters. The van der Waals surface area contributed by atoms with E-state index in [0.29, 0.717) is 5.76 Å². The third-order valence-corrected chi connectivity index (χ3v) is 3.17. The number of nitrogens with zero attached hydrogens (tertiary/aromatic N) is 1. The Morgan fingerprint density at radius 2 is 1.79 bits per heavy atom. The molecule has 0 radical (unpaired) electrons. The van der Waals surface area contributed by atoms with Crippen molar-refractivity contribution in [1.82, 2.24) is 0 Å². The molecule has 1 aromatic rings. The van der Waals surface area contributed by atoms with Gasteiger partial charge < -0.3 is 25.0 Å². The second kappa shape index (κ2) is 9.96. The minimum absolute atomic E-state index is 0.0585. The van der Waals surface area contributed by atoms with E-state index in [1.165, 1.54) is 0 Å². The van der Waals surface area contributed by atoms with Gasteiger partial charge in [-0.2, -0.15) is 13.2 Å². The fourth-order valence-corrected chi connectivity index (χ4v) is 1.95. The zero-order chi connectivity index (χ0) is 18.9. The Bertz CT molecular complexity index is 569. The molecule has 0 fully saturated rings. The van der Waals surface area contributed by atoms with E-state index in [2.05, 4.69) is 31.4 Å². The van der Waals surface area contributed by atoms with Crippen LogP contribution >= 0.6 is 0 Å². The number of quaternary nitrogens is 1. The largest absolute Gasteiger partial charge is 0.542 e. The van der Waals surface area contributed by atoms with E-state index in [-0.39, 0.29) is 11.7 Å². The van der Waals surface area contributed by atoms with Gasteiger partial charge in [0, 0.05) is 37.3 Å². The van der Waals surface area contributed by atoms with E-state index in [4.69, 9.17) is 14.3 Å². The number of carboxylic acids is 1. The molecular weight excluding hydrogens is 329 g/mol. The van der Waals surface area contributed by atoms with Gasteiger partial charge in [0.2, 0.25) is 0 Å². The van der Waals surface area contributed by atoms with Crippen LogP contribution in [0.1, 0.15) is 45.4 Å². The third kappa shape index (κ3) is 7.49. The van der Waals surface area contributed by atoms with Crippen molar-refractivity contribution in [2.24, 2.45) is 0 Å². The molecule has 9 heteroatoms. The fraction of sp³-hybridized carbons (Fsp3) is 0.600. The summed E-state index contributed by atoms with van der Waals surface area (Å²) in [6.45, 7) is 8.02. The van der Waals surface area contributed by atoms with Crippen LogP contribution in [0.5, 0.6) is 0 Å². The highest BCUT2D eigenvalue weighted by Gasteiger charge is 2.28. The van der Waals surface area contributed by atoms with E-state index >= 15 is 0 Å². The van der Waals surface area contributed by atoms with Gasteiger partial charge in [-0.05, 0) is 13.8 Å². The molecule has 0 unspecified atom stereocenters. The van der Waals surface area contributed by atoms with Crippen LogP contribution in [0.15, 0.2) is 21.3 Å². The van der Waals surface area contributed by atoms with Gasteiger partial charge in [0.1, 0.15) is 12.0 Å². The molecule has 0 saturated carbocycles. The maximum Gasteiger partial charge on any atom is 0.430 e. The molecule has 0 bridgehead atoms. The molecule has 6 nitrogen and oxygen atoms in total. The first kappa shape index (κ1) is 22.0. The molecule has 0 aliphatic heterocycles. The van der Waals surface area contributed by atoms with Crippen LogP contribution in [0.4, 0.5) is 18.9 Å². The van der Waals surface area contributed by atoms with Crippen molar-refractivity contribution in [3.8, 4) is 0 Å². The topological polar surface area (TPSA) is 101 Å². The molecule has 1 aromatic heterocycles. The lowest BCUT2D eigenvalue weighted by Crippen LogP contribution is -2.53. The van der Waals surface area contributed by atoms with Crippen molar-refractivity contribution in [3.63, 3.8) is 0 Å². The lowest BCUT2D eigenvalue weighted by Gasteiger charge is -2.21. The van der Waals surface area contributed by atoms with E-state index in [0.717, 1.165) is 31.6 Å². The smallest absolute Gasteiger partial charge is 0.430 e. The number of carbonyl (C=O) groups excluding carboxylic acids is 1. The van der Waals surface area contributed by atoms with Gasteiger partial charge in [0.05, 0.1) is 0 Å². The SMILES string of the molecule is CCC[C@@H]([NH3+])c1cc(N(CC)CC)cc(=O)o1.O=C([O-])C(F)(F)F. The summed E-state index contributed by atoms with van der Waals surface area (Å²) in [7, 11) is 0. The van der Waals surface area contributed by atoms with Gasteiger partial charge in [-0.1, -0.05) is 13.3 Å². The number of aliphatic carboxylic acids is 1. The van der Waals surface area contributed by atoms with Crippen LogP contribution in [0.25, 0.3) is 0 Å². The van der Waals surface area contributed by atoms with Crippen LogP contribution in [-0.2, 0) is 4.79 Å². The number of hydrogen-bond donors (Lipinski definition) is 1. The second-order valence-electron chi connectivity index (χ2n) is 4.98. The number of halogens is 3. The standard InChI is InChI=1S/C13H22N2O2.C2HF3O2/c1-4-7-11(14)12-8-10(9-13(16)17-12)15(5-2)6-3;3-2(4,5)1(6)7/h8-9,11H,4-7,14H2,1-3H3;(H,6,7)/t11-;/m1./s1. The molecule has 138 valence electrons. The summed E-state index contributed by atoms with van der Waals surface area (Å²) in [6.07, 6.45) is -3.22. The number of anilines is 1. The van der Waals surface area contributed by atoms with Crippen molar-refractivity contribution in [3.05, 3.63) is 28.3 Å². The molecular formula is C15H23F3N2O4. The molecule has 24 heavy (non-hydrogen) atoms. The highest BCUT2D eigenvalue weighted by Crippen LogP contribution is 2.19. The average molecular weight is 352 g/mol. The van der Waals surface area contributed by atoms with E-state index in [1.807, 2.05) is 6.07 Å². The summed E-state index contributed by atoms with van der Waals surface area (Å²) in [5.41, 5.74) is 4.69. The van der Waals surface area contributed by atoms with E-state index < -0.39 is 12.1 Å². The summed E-state index contributed by atoms with van der Waals surface area (Å²) in [5, 5.41) is 8.78. The number of alkyl halides is 3. The Morgan fingerprint density at radius 3 is 2.17 bits per heavy atom. The van der Waals surface area contributed by atoms with E-state index in [9.17, 15) is 18.0 Å². The zero-order valence-corrected chi connectivity index (χ0v) is 14.0. The highest BCUT2D eigenvalue weighted by molar-refractivity contribution is 5.70. The molecule has 0 aliphatic carbocycles. The van der Waals surface area contributed by atoms with Crippen LogP contribution in [0, 0.1) is 0 Å². The number of rotatable bonds is 6. The molecule has 1 heterocycles. The second-order valence-corrected chi connectivity index (χ2v) is 4.98. The Morgan fingerprint density at radius 1 is 1.29 bits per heavy atom. The predicted molar refractivity (Wildman–Crippen MR) is 80.1 cm³/mol. The maximum absolute atomic E-state index is 11.5. The Labute approximate surface area is 138 Å². The van der Waals surface area contributed by atoms with Gasteiger partial charge in [-0.15, -0.1) is 0 Å². The van der Waals surface area contributed by atoms with Gasteiger partial charge in [0.25, 0.3) is 0 Å². The Hall–Kier alpha value is -2.03. The summed E-state index contributed by atoms with van der Waals surface area (Å²) < 4.78 is 36.8. The zero-order valence-electron chi connectivity index (χ0n) is 14.0. The van der Waals surface area contributed by atoms with Crippen LogP contribution in [0.3, 0.4) is 0 Å². The predicted octanol–water partition coefficient (Wildman–Crippen LogP) is 0.868. The minimum Gasteiger partial charge on any atom is -0.542 e. The minimum atomic E-state index is -5.19. The lowest BCUT2D eigenvalue weighted by molar-refractivity contribution is -0.432. The van der Waals surface area contributed by atoms with Crippen LogP contribution < -0.4 is 21.4 Å². The third-order valence-electron chi connectivity index (χ3n) is 3.17. The highest BCUT2D eigenvalue weighted by atomic mass is 19.4. The van der Waals surface area contributed by atoms with Gasteiger partial charge in [-0.3, -0.25) is 0 Å². The molecule has 0 spiro atoms. The van der Waals surface area contributed by atoms with Crippen LogP contribution in [0.2, 0.25) is 0 Å². The fourth-order valence-electron chi connectivity index (χ4n) is 1.95. The first-order chi connectivity index (χ1) is 11.1. The number of carbonyl (C=O) groups is 1. The van der Waals surface area contributed by atoms with Crippen molar-refractivity contribution >= 4 is 11.7 Å². The van der Waals surface area contributed by atoms with E-state index in [1.54, 1.807) is 6.07 Å². The molecule has 0 saturated heterocycles. The first-order valence-electron chi connectivity index (χ1n) is 7.57. The summed E-state index contributed by atoms with van der Waals surface area (Å²) >= 11 is 0. The van der Waals surface area contributed by atoms with Crippen molar-refractivity contribution in [2.75, 3.05) is 18.0 Å². The van der Waals surface area contributed by atoms with Gasteiger partial charge in [0.15, 0.2) is 5.76 Å². The molecule has 0 aliphatic rings. The molecule has 1 rings (SSSR count). The van der Waals surface area contributed by atoms with Crippen molar-refractivity contribution in [1.29, 1.82) is 0 Å². The quantitative estimate of drug-likeness (QED) is 0.818. The van der Waals surface area contributed by atoms with Crippen LogP contribution in [-0.4, -0.2) is 25.2 Å². The number of carboxylic acid groups (broad SMARTS) is 1. The average Bonchev–Trinajstić information content (AvgIpc) is 2.48. The molecule has 0 aromatic carbocycles. The maximum atomic E-state index is 11.5. The summed E-state index contributed by atoms with van der Waals surface area (Å²) in [4.78, 5) is 22.5. The normalized spacial score (nSPS) is 12.1. The Kier molecular flexibility index (Phi) is 9.12. The van der Waals surface area contributed by atoms with Crippen molar-refractivity contribution < 1.29 is 33.2 Å². The summed E-state index contributed by atoms with van der Waals surface area (Å²) in [5.74, 6) is -2.31. The molecule has 0 amide bonds. The lowest BCUT2D eigenvalue weighted by atomic mass is 10.1. The molecule has 3 N–H and O–H groups in total.